The van der Waals surface area contributed by atoms with Gasteiger partial charge in [-0.05, 0) is 44.8 Å². The minimum Gasteiger partial charge on any atom is -0.477 e. The standard InChI is InChI=1S/C21H21F3N4O3/c1-13-9-14(5-4-8-28(2)3)19(26-11-13)27-20(29)18-12-25-16-10-15(31-21(22,23)24)6-7-17(16)30-18/h6-7,9-11,18,25H,8,12H2,1-3H3,(H,26,27,29). The zero-order chi connectivity index (χ0) is 22.6. The van der Waals surface area contributed by atoms with Crippen LogP contribution >= 0.6 is 0 Å². The lowest BCUT2D eigenvalue weighted by Crippen LogP contribution is -2.41. The molecule has 1 aromatic carbocycles. The van der Waals surface area contributed by atoms with E-state index >= 15 is 0 Å². The zero-order valence-corrected chi connectivity index (χ0v) is 17.1. The number of alkyl halides is 3. The number of halogens is 3. The SMILES string of the molecule is Cc1cnc(NC(=O)C2CNc3cc(OC(F)(F)F)ccc3O2)c(C#CCN(C)C)c1. The quantitative estimate of drug-likeness (QED) is 0.721. The summed E-state index contributed by atoms with van der Waals surface area (Å²) in [5.41, 5.74) is 1.77. The summed E-state index contributed by atoms with van der Waals surface area (Å²) >= 11 is 0. The number of amides is 1. The van der Waals surface area contributed by atoms with E-state index in [-0.39, 0.29) is 18.0 Å². The number of pyridine rings is 1. The summed E-state index contributed by atoms with van der Waals surface area (Å²) in [5, 5.41) is 5.60. The second-order valence-corrected chi connectivity index (χ2v) is 7.13. The number of hydrogen-bond acceptors (Lipinski definition) is 6. The molecule has 0 radical (unpaired) electrons. The van der Waals surface area contributed by atoms with Gasteiger partial charge in [0.25, 0.3) is 5.91 Å². The van der Waals surface area contributed by atoms with Crippen molar-refractivity contribution in [3.63, 3.8) is 0 Å². The lowest BCUT2D eigenvalue weighted by atomic mass is 10.2. The van der Waals surface area contributed by atoms with E-state index in [0.717, 1.165) is 17.7 Å². The fourth-order valence-corrected chi connectivity index (χ4v) is 2.75. The lowest BCUT2D eigenvalue weighted by Gasteiger charge is -2.27. The highest BCUT2D eigenvalue weighted by Gasteiger charge is 2.32. The molecule has 0 bridgehead atoms. The Hall–Kier alpha value is -3.45. The number of ether oxygens (including phenoxy) is 2. The van der Waals surface area contributed by atoms with Gasteiger partial charge < -0.3 is 20.1 Å². The molecule has 2 N–H and O–H groups in total. The Balaban J connectivity index is 1.71. The third kappa shape index (κ3) is 6.26. The van der Waals surface area contributed by atoms with Crippen LogP contribution in [0.2, 0.25) is 0 Å². The largest absolute Gasteiger partial charge is 0.573 e. The summed E-state index contributed by atoms with van der Waals surface area (Å²) in [6.45, 7) is 2.48. The van der Waals surface area contributed by atoms with Crippen LogP contribution in [0.15, 0.2) is 30.5 Å². The highest BCUT2D eigenvalue weighted by Crippen LogP contribution is 2.34. The Kier molecular flexibility index (Phi) is 6.56. The first-order valence-electron chi connectivity index (χ1n) is 9.32. The summed E-state index contributed by atoms with van der Waals surface area (Å²) in [5.74, 6) is 5.72. The highest BCUT2D eigenvalue weighted by molar-refractivity contribution is 5.95. The van der Waals surface area contributed by atoms with Gasteiger partial charge >= 0.3 is 6.36 Å². The second-order valence-electron chi connectivity index (χ2n) is 7.13. The third-order valence-corrected chi connectivity index (χ3v) is 4.11. The molecule has 2 heterocycles. The van der Waals surface area contributed by atoms with Crippen molar-refractivity contribution in [2.45, 2.75) is 19.4 Å². The van der Waals surface area contributed by atoms with Crippen LogP contribution in [0.3, 0.4) is 0 Å². The van der Waals surface area contributed by atoms with Gasteiger partial charge in [0.2, 0.25) is 0 Å². The molecule has 164 valence electrons. The number of carbonyl (C=O) groups excluding carboxylic acids is 1. The number of nitrogens with one attached hydrogen (secondary N) is 2. The number of benzene rings is 1. The predicted octanol–water partition coefficient (Wildman–Crippen LogP) is 3.01. The minimum atomic E-state index is -4.79. The zero-order valence-electron chi connectivity index (χ0n) is 17.1. The molecule has 0 aliphatic carbocycles. The number of rotatable bonds is 4. The average Bonchev–Trinajstić information content (AvgIpc) is 2.68. The van der Waals surface area contributed by atoms with E-state index in [4.69, 9.17) is 4.74 Å². The fourth-order valence-electron chi connectivity index (χ4n) is 2.75. The molecule has 0 saturated carbocycles. The summed E-state index contributed by atoms with van der Waals surface area (Å²) in [6.07, 6.45) is -4.09. The van der Waals surface area contributed by atoms with Crippen molar-refractivity contribution in [2.75, 3.05) is 37.8 Å². The van der Waals surface area contributed by atoms with Gasteiger partial charge in [-0.15, -0.1) is 13.2 Å². The van der Waals surface area contributed by atoms with Crippen LogP contribution in [0.5, 0.6) is 11.5 Å². The summed E-state index contributed by atoms with van der Waals surface area (Å²) in [7, 11) is 3.80. The topological polar surface area (TPSA) is 75.7 Å². The molecule has 1 aliphatic rings. The van der Waals surface area contributed by atoms with E-state index in [1.165, 1.54) is 6.07 Å². The van der Waals surface area contributed by atoms with Crippen LogP contribution in [0.1, 0.15) is 11.1 Å². The Morgan fingerprint density at radius 2 is 2.16 bits per heavy atom. The molecule has 0 saturated heterocycles. The number of nitrogens with zero attached hydrogens (tertiary/aromatic N) is 2. The van der Waals surface area contributed by atoms with Crippen molar-refractivity contribution in [1.82, 2.24) is 9.88 Å². The monoisotopic (exact) mass is 434 g/mol. The molecule has 1 aromatic heterocycles. The van der Waals surface area contributed by atoms with E-state index in [9.17, 15) is 18.0 Å². The Bertz CT molecular complexity index is 1030. The molecule has 7 nitrogen and oxygen atoms in total. The molecule has 1 amide bonds. The van der Waals surface area contributed by atoms with Gasteiger partial charge in [0.05, 0.1) is 24.3 Å². The Labute approximate surface area is 177 Å². The van der Waals surface area contributed by atoms with Crippen molar-refractivity contribution in [1.29, 1.82) is 0 Å². The van der Waals surface area contributed by atoms with Crippen molar-refractivity contribution >= 4 is 17.4 Å². The number of fused-ring (bicyclic) bond motifs is 1. The predicted molar refractivity (Wildman–Crippen MR) is 109 cm³/mol. The first kappa shape index (κ1) is 22.2. The average molecular weight is 434 g/mol. The number of carbonyl (C=O) groups is 1. The summed E-state index contributed by atoms with van der Waals surface area (Å²) < 4.78 is 46.7. The molecule has 0 fully saturated rings. The van der Waals surface area contributed by atoms with Gasteiger partial charge in [-0.25, -0.2) is 4.98 Å². The van der Waals surface area contributed by atoms with Crippen molar-refractivity contribution in [3.05, 3.63) is 41.6 Å². The summed E-state index contributed by atoms with van der Waals surface area (Å²) in [6, 6.07) is 5.42. The molecule has 10 heteroatoms. The maximum absolute atomic E-state index is 12.7. The van der Waals surface area contributed by atoms with Crippen LogP contribution in [-0.4, -0.2) is 55.4 Å². The molecule has 1 atom stereocenters. The van der Waals surface area contributed by atoms with Crippen molar-refractivity contribution in [3.8, 4) is 23.3 Å². The van der Waals surface area contributed by atoms with Crippen LogP contribution in [0.4, 0.5) is 24.7 Å². The Morgan fingerprint density at radius 1 is 1.39 bits per heavy atom. The van der Waals surface area contributed by atoms with E-state index in [1.54, 1.807) is 6.20 Å². The maximum Gasteiger partial charge on any atom is 0.573 e. The Morgan fingerprint density at radius 3 is 2.87 bits per heavy atom. The van der Waals surface area contributed by atoms with Gasteiger partial charge in [-0.2, -0.15) is 0 Å². The van der Waals surface area contributed by atoms with Gasteiger partial charge in [0, 0.05) is 12.3 Å². The maximum atomic E-state index is 12.7. The molecule has 2 aromatic rings. The van der Waals surface area contributed by atoms with E-state index in [1.807, 2.05) is 32.0 Å². The smallest absolute Gasteiger partial charge is 0.477 e. The number of hydrogen-bond donors (Lipinski definition) is 2. The lowest BCUT2D eigenvalue weighted by molar-refractivity contribution is -0.274. The molecular formula is C21H21F3N4O3. The van der Waals surface area contributed by atoms with Crippen molar-refractivity contribution in [2.24, 2.45) is 0 Å². The minimum absolute atomic E-state index is 0.0573. The second kappa shape index (κ2) is 9.14. The first-order chi connectivity index (χ1) is 14.6. The third-order valence-electron chi connectivity index (χ3n) is 4.11. The molecule has 0 spiro atoms. The van der Waals surface area contributed by atoms with Crippen LogP contribution in [0, 0.1) is 18.8 Å². The van der Waals surface area contributed by atoms with E-state index in [2.05, 4.69) is 32.2 Å². The molecule has 1 aliphatic heterocycles. The molecular weight excluding hydrogens is 413 g/mol. The van der Waals surface area contributed by atoms with Crippen LogP contribution < -0.4 is 20.1 Å². The number of anilines is 2. The van der Waals surface area contributed by atoms with E-state index in [0.29, 0.717) is 23.6 Å². The first-order valence-corrected chi connectivity index (χ1v) is 9.32. The fraction of sp³-hybridized carbons (Fsp3) is 0.333. The van der Waals surface area contributed by atoms with Gasteiger partial charge in [-0.1, -0.05) is 11.8 Å². The summed E-state index contributed by atoms with van der Waals surface area (Å²) in [4.78, 5) is 18.9. The molecule has 3 rings (SSSR count). The van der Waals surface area contributed by atoms with E-state index < -0.39 is 18.4 Å². The number of aryl methyl sites for hydroxylation is 1. The highest BCUT2D eigenvalue weighted by atomic mass is 19.4. The van der Waals surface area contributed by atoms with Crippen molar-refractivity contribution < 1.29 is 27.4 Å². The van der Waals surface area contributed by atoms with Crippen LogP contribution in [-0.2, 0) is 4.79 Å². The van der Waals surface area contributed by atoms with Gasteiger partial charge in [-0.3, -0.25) is 9.69 Å². The normalized spacial score (nSPS) is 15.1. The van der Waals surface area contributed by atoms with Gasteiger partial charge in [0.1, 0.15) is 17.3 Å². The molecule has 1 unspecified atom stereocenters. The van der Waals surface area contributed by atoms with Crippen LogP contribution in [0.25, 0.3) is 0 Å². The van der Waals surface area contributed by atoms with Gasteiger partial charge in [0.15, 0.2) is 6.10 Å². The molecule has 31 heavy (non-hydrogen) atoms. The number of aromatic nitrogens is 1.